The van der Waals surface area contributed by atoms with Gasteiger partial charge in [0.25, 0.3) is 0 Å². The third kappa shape index (κ3) is 4.60. The summed E-state index contributed by atoms with van der Waals surface area (Å²) in [5.74, 6) is -0.123. The molecule has 4 nitrogen and oxygen atoms in total. The number of ether oxygens (including phenoxy) is 2. The van der Waals surface area contributed by atoms with Gasteiger partial charge in [0.2, 0.25) is 0 Å². The van der Waals surface area contributed by atoms with Crippen LogP contribution in [0.4, 0.5) is 0 Å². The van der Waals surface area contributed by atoms with Crippen LogP contribution in [0.2, 0.25) is 5.02 Å². The van der Waals surface area contributed by atoms with Crippen LogP contribution in [0.5, 0.6) is 5.75 Å². The molecule has 0 atom stereocenters. The minimum atomic E-state index is -0.506. The van der Waals surface area contributed by atoms with Gasteiger partial charge < -0.3 is 9.47 Å². The smallest absolute Gasteiger partial charge is 0.344 e. The van der Waals surface area contributed by atoms with Crippen molar-refractivity contribution >= 4 is 23.4 Å². The Hall–Kier alpha value is -2.33. The monoisotopic (exact) mass is 318 g/mol. The van der Waals surface area contributed by atoms with Crippen molar-refractivity contribution < 1.29 is 19.1 Å². The molecule has 0 spiro atoms. The summed E-state index contributed by atoms with van der Waals surface area (Å²) in [7, 11) is 0. The first-order valence-electron chi connectivity index (χ1n) is 6.69. The Labute approximate surface area is 133 Å². The zero-order valence-corrected chi connectivity index (χ0v) is 12.8. The summed E-state index contributed by atoms with van der Waals surface area (Å²) >= 11 is 5.97. The van der Waals surface area contributed by atoms with E-state index < -0.39 is 5.97 Å². The Morgan fingerprint density at radius 2 is 1.86 bits per heavy atom. The quantitative estimate of drug-likeness (QED) is 0.602. The topological polar surface area (TPSA) is 52.6 Å². The second-order valence-corrected chi connectivity index (χ2v) is 5.03. The molecule has 2 aromatic rings. The third-order valence-electron chi connectivity index (χ3n) is 2.94. The average molecular weight is 319 g/mol. The van der Waals surface area contributed by atoms with Crippen LogP contribution < -0.4 is 4.74 Å². The fraction of sp³-hybridized carbons (Fsp3) is 0.176. The van der Waals surface area contributed by atoms with Crippen molar-refractivity contribution in [3.05, 3.63) is 64.7 Å². The number of ketones is 1. The Kier molecular flexibility index (Phi) is 5.55. The molecule has 0 aliphatic rings. The highest BCUT2D eigenvalue weighted by atomic mass is 35.5. The Bertz CT molecular complexity index is 682. The summed E-state index contributed by atoms with van der Waals surface area (Å²) in [6.07, 6.45) is 0. The molecule has 5 heteroatoms. The van der Waals surface area contributed by atoms with Crippen molar-refractivity contribution in [3.8, 4) is 5.75 Å². The maximum atomic E-state index is 11.7. The highest BCUT2D eigenvalue weighted by molar-refractivity contribution is 6.31. The van der Waals surface area contributed by atoms with Crippen molar-refractivity contribution in [1.82, 2.24) is 0 Å². The second kappa shape index (κ2) is 7.61. The van der Waals surface area contributed by atoms with Gasteiger partial charge >= 0.3 is 5.97 Å². The van der Waals surface area contributed by atoms with E-state index in [1.165, 1.54) is 6.92 Å². The molecular weight excluding hydrogens is 304 g/mol. The highest BCUT2D eigenvalue weighted by Crippen LogP contribution is 2.16. The van der Waals surface area contributed by atoms with E-state index in [1.807, 2.05) is 6.07 Å². The number of rotatable bonds is 6. The molecule has 2 aromatic carbocycles. The average Bonchev–Trinajstić information content (AvgIpc) is 2.52. The third-order valence-corrected chi connectivity index (χ3v) is 3.31. The van der Waals surface area contributed by atoms with Gasteiger partial charge in [-0.3, -0.25) is 4.79 Å². The van der Waals surface area contributed by atoms with E-state index in [9.17, 15) is 9.59 Å². The first-order valence-corrected chi connectivity index (χ1v) is 7.07. The van der Waals surface area contributed by atoms with E-state index in [2.05, 4.69) is 0 Å². The molecule has 114 valence electrons. The Morgan fingerprint density at radius 3 is 2.59 bits per heavy atom. The van der Waals surface area contributed by atoms with E-state index in [0.717, 1.165) is 5.56 Å². The van der Waals surface area contributed by atoms with Crippen LogP contribution in [-0.4, -0.2) is 18.4 Å². The number of hydrogen-bond donors (Lipinski definition) is 0. The lowest BCUT2D eigenvalue weighted by Crippen LogP contribution is -2.15. The lowest BCUT2D eigenvalue weighted by Gasteiger charge is -2.08. The van der Waals surface area contributed by atoms with E-state index in [0.29, 0.717) is 16.3 Å². The molecular formula is C17H15ClO4. The molecule has 0 N–H and O–H groups in total. The van der Waals surface area contributed by atoms with Gasteiger partial charge in [0.05, 0.1) is 0 Å². The summed E-state index contributed by atoms with van der Waals surface area (Å²) < 4.78 is 10.4. The van der Waals surface area contributed by atoms with Gasteiger partial charge in [-0.1, -0.05) is 41.9 Å². The van der Waals surface area contributed by atoms with E-state index in [4.69, 9.17) is 21.1 Å². The highest BCUT2D eigenvalue weighted by Gasteiger charge is 2.08. The first-order chi connectivity index (χ1) is 10.6. The van der Waals surface area contributed by atoms with Crippen LogP contribution in [0, 0.1) is 0 Å². The van der Waals surface area contributed by atoms with Crippen molar-refractivity contribution in [1.29, 1.82) is 0 Å². The van der Waals surface area contributed by atoms with E-state index >= 15 is 0 Å². The Balaban J connectivity index is 1.84. The maximum Gasteiger partial charge on any atom is 0.344 e. The molecule has 0 unspecified atom stereocenters. The molecule has 0 fully saturated rings. The zero-order valence-electron chi connectivity index (χ0n) is 12.0. The molecule has 22 heavy (non-hydrogen) atoms. The number of carbonyl (C=O) groups is 2. The fourth-order valence-electron chi connectivity index (χ4n) is 1.76. The largest absolute Gasteiger partial charge is 0.482 e. The molecule has 0 saturated carbocycles. The predicted octanol–water partition coefficient (Wildman–Crippen LogP) is 3.66. The van der Waals surface area contributed by atoms with Gasteiger partial charge in [-0.05, 0) is 25.1 Å². The normalized spacial score (nSPS) is 10.1. The molecule has 0 amide bonds. The van der Waals surface area contributed by atoms with Gasteiger partial charge in [-0.15, -0.1) is 0 Å². The standard InChI is InChI=1S/C17H15ClO4/c1-12(19)13-6-4-7-15(9-13)21-11-17(20)22-10-14-5-2-3-8-16(14)18/h2-9H,10-11H2,1H3. The van der Waals surface area contributed by atoms with Crippen LogP contribution in [0.3, 0.4) is 0 Å². The van der Waals surface area contributed by atoms with Crippen LogP contribution in [-0.2, 0) is 16.1 Å². The first kappa shape index (κ1) is 16.0. The molecule has 0 radical (unpaired) electrons. The maximum absolute atomic E-state index is 11.7. The number of esters is 1. The molecule has 0 bridgehead atoms. The number of halogens is 1. The van der Waals surface area contributed by atoms with Crippen molar-refractivity contribution in [2.75, 3.05) is 6.61 Å². The number of carbonyl (C=O) groups excluding carboxylic acids is 2. The molecule has 0 heterocycles. The lowest BCUT2D eigenvalue weighted by molar-refractivity contribution is -0.147. The van der Waals surface area contributed by atoms with E-state index in [1.54, 1.807) is 42.5 Å². The summed E-state index contributed by atoms with van der Waals surface area (Å²) in [5, 5.41) is 0.547. The van der Waals surface area contributed by atoms with Crippen LogP contribution in [0.1, 0.15) is 22.8 Å². The van der Waals surface area contributed by atoms with Gasteiger partial charge in [-0.25, -0.2) is 4.79 Å². The van der Waals surface area contributed by atoms with Crippen molar-refractivity contribution in [2.45, 2.75) is 13.5 Å². The SMILES string of the molecule is CC(=O)c1cccc(OCC(=O)OCc2ccccc2Cl)c1. The van der Waals surface area contributed by atoms with Crippen molar-refractivity contribution in [3.63, 3.8) is 0 Å². The second-order valence-electron chi connectivity index (χ2n) is 4.62. The zero-order chi connectivity index (χ0) is 15.9. The molecule has 0 aliphatic carbocycles. The van der Waals surface area contributed by atoms with Crippen LogP contribution in [0.25, 0.3) is 0 Å². The summed E-state index contributed by atoms with van der Waals surface area (Å²) in [6.45, 7) is 1.33. The number of Topliss-reactive ketones (excluding diaryl/α,β-unsaturated/α-hetero) is 1. The fourth-order valence-corrected chi connectivity index (χ4v) is 1.95. The molecule has 0 aliphatic heterocycles. The predicted molar refractivity (Wildman–Crippen MR) is 83.2 cm³/mol. The van der Waals surface area contributed by atoms with Crippen LogP contribution >= 0.6 is 11.6 Å². The minimum absolute atomic E-state index is 0.0632. The van der Waals surface area contributed by atoms with E-state index in [-0.39, 0.29) is 19.0 Å². The number of benzene rings is 2. The van der Waals surface area contributed by atoms with Gasteiger partial charge in [0.1, 0.15) is 12.4 Å². The summed E-state index contributed by atoms with van der Waals surface area (Å²) in [4.78, 5) is 22.9. The molecule has 0 saturated heterocycles. The summed E-state index contributed by atoms with van der Waals surface area (Å²) in [6, 6.07) is 13.8. The van der Waals surface area contributed by atoms with Crippen LogP contribution in [0.15, 0.2) is 48.5 Å². The minimum Gasteiger partial charge on any atom is -0.482 e. The van der Waals surface area contributed by atoms with Gasteiger partial charge in [0, 0.05) is 16.1 Å². The van der Waals surface area contributed by atoms with Gasteiger partial charge in [0.15, 0.2) is 12.4 Å². The lowest BCUT2D eigenvalue weighted by atomic mass is 10.1. The molecule has 2 rings (SSSR count). The summed E-state index contributed by atoms with van der Waals surface area (Å²) in [5.41, 5.74) is 1.26. The Morgan fingerprint density at radius 1 is 1.09 bits per heavy atom. The molecule has 0 aromatic heterocycles. The van der Waals surface area contributed by atoms with Gasteiger partial charge in [-0.2, -0.15) is 0 Å². The number of hydrogen-bond acceptors (Lipinski definition) is 4. The van der Waals surface area contributed by atoms with Crippen molar-refractivity contribution in [2.24, 2.45) is 0 Å².